The quantitative estimate of drug-likeness (QED) is 0.416. The molecule has 0 fully saturated rings. The van der Waals surface area contributed by atoms with Gasteiger partial charge in [-0.2, -0.15) is 0 Å². The number of hydrogen-bond acceptors (Lipinski definition) is 4. The smallest absolute Gasteiger partial charge is 0.196 e. The van der Waals surface area contributed by atoms with Gasteiger partial charge in [-0.15, -0.1) is 10.2 Å². The fraction of sp³-hybridized carbons (Fsp3) is 0.0952. The topological polar surface area (TPSA) is 43.6 Å². The molecule has 4 nitrogen and oxygen atoms in total. The number of pyridine rings is 1. The number of para-hydroxylation sites is 1. The van der Waals surface area contributed by atoms with Crippen LogP contribution in [0.5, 0.6) is 0 Å². The van der Waals surface area contributed by atoms with Crippen LogP contribution >= 0.6 is 23.4 Å². The molecule has 4 rings (SSSR count). The van der Waals surface area contributed by atoms with E-state index < -0.39 is 0 Å². The van der Waals surface area contributed by atoms with Gasteiger partial charge >= 0.3 is 0 Å². The Labute approximate surface area is 167 Å². The monoisotopic (exact) mass is 392 g/mol. The molecule has 134 valence electrons. The van der Waals surface area contributed by atoms with Crippen LogP contribution in [0.4, 0.5) is 0 Å². The third-order valence-electron chi connectivity index (χ3n) is 4.12. The number of hydrogen-bond donors (Lipinski definition) is 0. The normalized spacial score (nSPS) is 10.9. The lowest BCUT2D eigenvalue weighted by Gasteiger charge is -2.10. The fourth-order valence-electron chi connectivity index (χ4n) is 2.77. The summed E-state index contributed by atoms with van der Waals surface area (Å²) in [5.74, 6) is 1.72. The number of aryl methyl sites for hydroxylation is 1. The van der Waals surface area contributed by atoms with E-state index >= 15 is 0 Å². The summed E-state index contributed by atoms with van der Waals surface area (Å²) in [6.07, 6.45) is 4.60. The summed E-state index contributed by atoms with van der Waals surface area (Å²) in [5.41, 5.74) is 3.29. The molecule has 0 bridgehead atoms. The highest BCUT2D eigenvalue weighted by atomic mass is 35.5. The summed E-state index contributed by atoms with van der Waals surface area (Å²) in [5, 5.41) is 10.5. The van der Waals surface area contributed by atoms with Crippen LogP contribution in [0, 0.1) is 0 Å². The van der Waals surface area contributed by atoms with Crippen LogP contribution in [0.15, 0.2) is 84.3 Å². The van der Waals surface area contributed by atoms with Gasteiger partial charge in [-0.05, 0) is 60.5 Å². The minimum absolute atomic E-state index is 0.705. The lowest BCUT2D eigenvalue weighted by atomic mass is 10.2. The van der Waals surface area contributed by atoms with E-state index in [1.165, 1.54) is 5.56 Å². The van der Waals surface area contributed by atoms with Crippen molar-refractivity contribution in [2.24, 2.45) is 0 Å². The van der Waals surface area contributed by atoms with E-state index in [2.05, 4.69) is 31.9 Å². The first kappa shape index (κ1) is 17.8. The molecule has 0 amide bonds. The van der Waals surface area contributed by atoms with Crippen LogP contribution < -0.4 is 0 Å². The second-order valence-corrected chi connectivity index (χ2v) is 7.44. The van der Waals surface area contributed by atoms with Gasteiger partial charge in [0, 0.05) is 34.4 Å². The van der Waals surface area contributed by atoms with Gasteiger partial charge in [0.05, 0.1) is 0 Å². The van der Waals surface area contributed by atoms with Crippen molar-refractivity contribution < 1.29 is 0 Å². The molecule has 0 aliphatic heterocycles. The minimum atomic E-state index is 0.705. The Kier molecular flexibility index (Phi) is 5.51. The van der Waals surface area contributed by atoms with E-state index in [1.54, 1.807) is 11.8 Å². The predicted octanol–water partition coefficient (Wildman–Crippen LogP) is 5.32. The average molecular weight is 393 g/mol. The van der Waals surface area contributed by atoms with E-state index in [0.717, 1.165) is 34.4 Å². The second kappa shape index (κ2) is 8.37. The minimum Gasteiger partial charge on any atom is -0.270 e. The number of halogens is 1. The molecule has 0 radical (unpaired) electrons. The highest BCUT2D eigenvalue weighted by Gasteiger charge is 2.16. The number of nitrogens with zero attached hydrogens (tertiary/aromatic N) is 4. The summed E-state index contributed by atoms with van der Waals surface area (Å²) in [6, 6.07) is 21.9. The number of benzene rings is 2. The first-order valence-electron chi connectivity index (χ1n) is 8.60. The van der Waals surface area contributed by atoms with Gasteiger partial charge in [-0.1, -0.05) is 41.6 Å². The Balaban J connectivity index is 1.64. The number of rotatable bonds is 6. The molecule has 2 aromatic carbocycles. The lowest BCUT2D eigenvalue weighted by molar-refractivity contribution is 0.885. The van der Waals surface area contributed by atoms with Crippen LogP contribution in [-0.2, 0) is 6.42 Å². The summed E-state index contributed by atoms with van der Waals surface area (Å²) >= 11 is 7.73. The average Bonchev–Trinajstić information content (AvgIpc) is 3.14. The first-order chi connectivity index (χ1) is 13.3. The van der Waals surface area contributed by atoms with E-state index in [4.69, 9.17) is 11.6 Å². The molecular formula is C21H17ClN4S. The Bertz CT molecular complexity index is 1000. The predicted molar refractivity (Wildman–Crippen MR) is 110 cm³/mol. The van der Waals surface area contributed by atoms with E-state index in [9.17, 15) is 0 Å². The zero-order valence-corrected chi connectivity index (χ0v) is 16.1. The van der Waals surface area contributed by atoms with Gasteiger partial charge in [0.15, 0.2) is 11.0 Å². The third-order valence-corrected chi connectivity index (χ3v) is 5.30. The Morgan fingerprint density at radius 2 is 1.59 bits per heavy atom. The second-order valence-electron chi connectivity index (χ2n) is 5.94. The van der Waals surface area contributed by atoms with Crippen molar-refractivity contribution in [1.29, 1.82) is 0 Å². The summed E-state index contributed by atoms with van der Waals surface area (Å²) in [4.78, 5) is 4.07. The van der Waals surface area contributed by atoms with Gasteiger partial charge in [0.1, 0.15) is 0 Å². The molecule has 0 N–H and O–H groups in total. The van der Waals surface area contributed by atoms with Gasteiger partial charge in [0.25, 0.3) is 0 Å². The van der Waals surface area contributed by atoms with Crippen molar-refractivity contribution in [1.82, 2.24) is 19.7 Å². The molecular weight excluding hydrogens is 376 g/mol. The van der Waals surface area contributed by atoms with Gasteiger partial charge in [-0.25, -0.2) is 0 Å². The lowest BCUT2D eigenvalue weighted by Crippen LogP contribution is -2.00. The summed E-state index contributed by atoms with van der Waals surface area (Å²) < 4.78 is 2.10. The zero-order chi connectivity index (χ0) is 18.5. The standard InChI is InChI=1S/C21H17ClN4S/c22-18-8-6-17(7-9-18)20-24-25-21(26(20)19-4-2-1-3-5-19)27-15-12-16-10-13-23-14-11-16/h1-11,13-14H,12,15H2. The highest BCUT2D eigenvalue weighted by molar-refractivity contribution is 7.99. The Morgan fingerprint density at radius 1 is 0.852 bits per heavy atom. The van der Waals surface area contributed by atoms with Crippen molar-refractivity contribution in [3.63, 3.8) is 0 Å². The fourth-order valence-corrected chi connectivity index (χ4v) is 3.83. The summed E-state index contributed by atoms with van der Waals surface area (Å²) in [6.45, 7) is 0. The van der Waals surface area contributed by atoms with Crippen molar-refractivity contribution in [3.8, 4) is 17.1 Å². The van der Waals surface area contributed by atoms with Crippen LogP contribution in [-0.4, -0.2) is 25.5 Å². The van der Waals surface area contributed by atoms with E-state index in [0.29, 0.717) is 5.02 Å². The number of thioether (sulfide) groups is 1. The molecule has 0 saturated heterocycles. The molecule has 0 aliphatic rings. The zero-order valence-electron chi connectivity index (χ0n) is 14.5. The van der Waals surface area contributed by atoms with Crippen LogP contribution in [0.1, 0.15) is 5.56 Å². The van der Waals surface area contributed by atoms with Gasteiger partial charge in [-0.3, -0.25) is 9.55 Å². The van der Waals surface area contributed by atoms with Gasteiger partial charge in [0.2, 0.25) is 0 Å². The van der Waals surface area contributed by atoms with Crippen molar-refractivity contribution in [2.75, 3.05) is 5.75 Å². The van der Waals surface area contributed by atoms with Crippen LogP contribution in [0.25, 0.3) is 17.1 Å². The molecule has 2 heterocycles. The maximum atomic E-state index is 6.04. The van der Waals surface area contributed by atoms with Crippen LogP contribution in [0.3, 0.4) is 0 Å². The molecule has 0 aliphatic carbocycles. The largest absolute Gasteiger partial charge is 0.270 e. The number of aromatic nitrogens is 4. The van der Waals surface area contributed by atoms with Crippen molar-refractivity contribution in [2.45, 2.75) is 11.6 Å². The van der Waals surface area contributed by atoms with Crippen LogP contribution in [0.2, 0.25) is 5.02 Å². The first-order valence-corrected chi connectivity index (χ1v) is 9.96. The van der Waals surface area contributed by atoms with Crippen molar-refractivity contribution in [3.05, 3.63) is 89.7 Å². The molecule has 0 atom stereocenters. The Morgan fingerprint density at radius 3 is 2.33 bits per heavy atom. The molecule has 2 aromatic heterocycles. The van der Waals surface area contributed by atoms with E-state index in [-0.39, 0.29) is 0 Å². The molecule has 6 heteroatoms. The Hall–Kier alpha value is -2.63. The molecule has 27 heavy (non-hydrogen) atoms. The molecule has 0 unspecified atom stereocenters. The molecule has 4 aromatic rings. The van der Waals surface area contributed by atoms with Gasteiger partial charge < -0.3 is 0 Å². The SMILES string of the molecule is Clc1ccc(-c2nnc(SCCc3ccncc3)n2-c2ccccc2)cc1. The molecule has 0 spiro atoms. The summed E-state index contributed by atoms with van der Waals surface area (Å²) in [7, 11) is 0. The third kappa shape index (κ3) is 4.21. The maximum absolute atomic E-state index is 6.04. The van der Waals surface area contributed by atoms with E-state index in [1.807, 2.05) is 67.0 Å². The van der Waals surface area contributed by atoms with Crippen molar-refractivity contribution >= 4 is 23.4 Å². The highest BCUT2D eigenvalue weighted by Crippen LogP contribution is 2.29. The maximum Gasteiger partial charge on any atom is 0.196 e. The molecule has 0 saturated carbocycles.